The second-order valence-electron chi connectivity index (χ2n) is 5.17. The second-order valence-corrected chi connectivity index (χ2v) is 5.17. The molecule has 0 saturated carbocycles. The van der Waals surface area contributed by atoms with E-state index in [2.05, 4.69) is 25.5 Å². The van der Waals surface area contributed by atoms with Gasteiger partial charge >= 0.3 is 0 Å². The third kappa shape index (κ3) is 4.93. The molecule has 0 unspecified atom stereocenters. The van der Waals surface area contributed by atoms with E-state index in [1.165, 1.54) is 6.33 Å². The van der Waals surface area contributed by atoms with E-state index in [9.17, 15) is 4.79 Å². The van der Waals surface area contributed by atoms with Gasteiger partial charge in [0.1, 0.15) is 23.6 Å². The summed E-state index contributed by atoms with van der Waals surface area (Å²) in [4.78, 5) is 22.5. The molecule has 7 heteroatoms. The van der Waals surface area contributed by atoms with Gasteiger partial charge in [-0.2, -0.15) is 0 Å². The van der Waals surface area contributed by atoms with E-state index in [4.69, 9.17) is 4.74 Å². The number of para-hydroxylation sites is 2. The van der Waals surface area contributed by atoms with Crippen molar-refractivity contribution >= 4 is 17.4 Å². The van der Waals surface area contributed by atoms with Crippen molar-refractivity contribution < 1.29 is 9.53 Å². The summed E-state index contributed by atoms with van der Waals surface area (Å²) in [6.07, 6.45) is 1.37. The van der Waals surface area contributed by atoms with Crippen LogP contribution in [0.5, 0.6) is 5.75 Å². The molecule has 0 aliphatic rings. The minimum absolute atomic E-state index is 0.290. The average Bonchev–Trinajstić information content (AvgIpc) is 2.55. The van der Waals surface area contributed by atoms with Crippen LogP contribution in [0, 0.1) is 0 Å². The number of amides is 1. The summed E-state index contributed by atoms with van der Waals surface area (Å²) >= 11 is 0. The number of methoxy groups -OCH3 is 1. The summed E-state index contributed by atoms with van der Waals surface area (Å²) in [6, 6.07) is 8.84. The molecule has 0 spiro atoms. The van der Waals surface area contributed by atoms with Crippen LogP contribution in [0.15, 0.2) is 36.7 Å². The molecule has 122 valence electrons. The number of rotatable bonds is 7. The summed E-state index contributed by atoms with van der Waals surface area (Å²) in [5, 5.41) is 5.95. The number of carbonyl (C=O) groups excluding carboxylic acids is 1. The van der Waals surface area contributed by atoms with E-state index in [1.54, 1.807) is 25.3 Å². The first-order chi connectivity index (χ1) is 11.1. The molecule has 1 aromatic heterocycles. The highest BCUT2D eigenvalue weighted by Gasteiger charge is 2.11. The maximum absolute atomic E-state index is 12.3. The van der Waals surface area contributed by atoms with Crippen molar-refractivity contribution in [1.82, 2.24) is 14.9 Å². The Labute approximate surface area is 135 Å². The van der Waals surface area contributed by atoms with Crippen molar-refractivity contribution in [2.75, 3.05) is 44.9 Å². The van der Waals surface area contributed by atoms with Gasteiger partial charge in [0, 0.05) is 19.2 Å². The Morgan fingerprint density at radius 3 is 2.78 bits per heavy atom. The van der Waals surface area contributed by atoms with Gasteiger partial charge in [-0.05, 0) is 26.2 Å². The zero-order valence-corrected chi connectivity index (χ0v) is 13.5. The standard InChI is InChI=1S/C16H21N5O2/c1-21(2)9-8-17-15-10-13(18-11-19-15)16(22)20-12-6-4-5-7-14(12)23-3/h4-7,10-11H,8-9H2,1-3H3,(H,20,22)(H,17,18,19). The van der Waals surface area contributed by atoms with Gasteiger partial charge in [0.15, 0.2) is 0 Å². The van der Waals surface area contributed by atoms with Gasteiger partial charge in [-0.3, -0.25) is 4.79 Å². The smallest absolute Gasteiger partial charge is 0.274 e. The van der Waals surface area contributed by atoms with Crippen molar-refractivity contribution in [3.63, 3.8) is 0 Å². The fourth-order valence-corrected chi connectivity index (χ4v) is 1.92. The maximum atomic E-state index is 12.3. The predicted molar refractivity (Wildman–Crippen MR) is 90.0 cm³/mol. The van der Waals surface area contributed by atoms with Gasteiger partial charge in [0.05, 0.1) is 12.8 Å². The van der Waals surface area contributed by atoms with E-state index >= 15 is 0 Å². The van der Waals surface area contributed by atoms with E-state index in [1.807, 2.05) is 26.2 Å². The Hall–Kier alpha value is -2.67. The van der Waals surface area contributed by atoms with E-state index < -0.39 is 0 Å². The highest BCUT2D eigenvalue weighted by molar-refractivity contribution is 6.04. The molecule has 0 fully saturated rings. The van der Waals surface area contributed by atoms with Crippen molar-refractivity contribution in [3.8, 4) is 5.75 Å². The molecular formula is C16H21N5O2. The number of aromatic nitrogens is 2. The monoisotopic (exact) mass is 315 g/mol. The van der Waals surface area contributed by atoms with Crippen molar-refractivity contribution in [2.45, 2.75) is 0 Å². The fraction of sp³-hybridized carbons (Fsp3) is 0.312. The molecule has 0 saturated heterocycles. The zero-order valence-electron chi connectivity index (χ0n) is 13.5. The Morgan fingerprint density at radius 1 is 1.26 bits per heavy atom. The van der Waals surface area contributed by atoms with Crippen LogP contribution in [0.25, 0.3) is 0 Å². The van der Waals surface area contributed by atoms with Crippen LogP contribution in [-0.4, -0.2) is 55.1 Å². The maximum Gasteiger partial charge on any atom is 0.274 e. The first-order valence-electron chi connectivity index (χ1n) is 7.25. The summed E-state index contributed by atoms with van der Waals surface area (Å²) in [7, 11) is 5.55. The topological polar surface area (TPSA) is 79.4 Å². The third-order valence-electron chi connectivity index (χ3n) is 3.12. The molecule has 2 rings (SSSR count). The number of nitrogens with zero attached hydrogens (tertiary/aromatic N) is 3. The van der Waals surface area contributed by atoms with Crippen LogP contribution in [0.1, 0.15) is 10.5 Å². The number of ether oxygens (including phenoxy) is 1. The molecule has 0 radical (unpaired) electrons. The normalized spacial score (nSPS) is 10.4. The van der Waals surface area contributed by atoms with Gasteiger partial charge in [-0.25, -0.2) is 9.97 Å². The average molecular weight is 315 g/mol. The minimum Gasteiger partial charge on any atom is -0.495 e. The Bertz CT molecular complexity index is 660. The van der Waals surface area contributed by atoms with Crippen LogP contribution in [0.2, 0.25) is 0 Å². The molecule has 7 nitrogen and oxygen atoms in total. The fourth-order valence-electron chi connectivity index (χ4n) is 1.92. The number of carbonyl (C=O) groups is 1. The Balaban J connectivity index is 2.04. The van der Waals surface area contributed by atoms with Gasteiger partial charge in [-0.15, -0.1) is 0 Å². The molecular weight excluding hydrogens is 294 g/mol. The van der Waals surface area contributed by atoms with Crippen LogP contribution in [0.4, 0.5) is 11.5 Å². The van der Waals surface area contributed by atoms with Crippen molar-refractivity contribution in [2.24, 2.45) is 0 Å². The van der Waals surface area contributed by atoms with E-state index in [0.717, 1.165) is 13.1 Å². The quantitative estimate of drug-likeness (QED) is 0.810. The highest BCUT2D eigenvalue weighted by Crippen LogP contribution is 2.23. The zero-order chi connectivity index (χ0) is 16.7. The molecule has 2 aromatic rings. The molecule has 0 bridgehead atoms. The third-order valence-corrected chi connectivity index (χ3v) is 3.12. The molecule has 0 aliphatic carbocycles. The lowest BCUT2D eigenvalue weighted by Crippen LogP contribution is -2.21. The minimum atomic E-state index is -0.312. The summed E-state index contributed by atoms with van der Waals surface area (Å²) < 4.78 is 5.22. The number of anilines is 2. The number of hydrogen-bond acceptors (Lipinski definition) is 6. The predicted octanol–water partition coefficient (Wildman–Crippen LogP) is 1.71. The van der Waals surface area contributed by atoms with Crippen LogP contribution in [0.3, 0.4) is 0 Å². The lowest BCUT2D eigenvalue weighted by atomic mass is 10.2. The first-order valence-corrected chi connectivity index (χ1v) is 7.25. The van der Waals surface area contributed by atoms with Crippen LogP contribution in [-0.2, 0) is 0 Å². The Kier molecular flexibility index (Phi) is 5.87. The van der Waals surface area contributed by atoms with E-state index in [0.29, 0.717) is 22.9 Å². The molecule has 1 aromatic carbocycles. The van der Waals surface area contributed by atoms with Gasteiger partial charge in [0.2, 0.25) is 0 Å². The van der Waals surface area contributed by atoms with E-state index in [-0.39, 0.29) is 5.91 Å². The van der Waals surface area contributed by atoms with Gasteiger partial charge in [0.25, 0.3) is 5.91 Å². The molecule has 2 N–H and O–H groups in total. The first kappa shape index (κ1) is 16.7. The van der Waals surface area contributed by atoms with Crippen LogP contribution < -0.4 is 15.4 Å². The van der Waals surface area contributed by atoms with Gasteiger partial charge < -0.3 is 20.3 Å². The molecule has 23 heavy (non-hydrogen) atoms. The molecule has 1 heterocycles. The lowest BCUT2D eigenvalue weighted by Gasteiger charge is -2.12. The Morgan fingerprint density at radius 2 is 2.04 bits per heavy atom. The SMILES string of the molecule is COc1ccccc1NC(=O)c1cc(NCCN(C)C)ncn1. The summed E-state index contributed by atoms with van der Waals surface area (Å²) in [5.74, 6) is 0.902. The number of likely N-dealkylation sites (N-methyl/N-ethyl adjacent to an activating group) is 1. The van der Waals surface area contributed by atoms with Gasteiger partial charge in [-0.1, -0.05) is 12.1 Å². The molecule has 1 amide bonds. The van der Waals surface area contributed by atoms with Crippen LogP contribution >= 0.6 is 0 Å². The molecule has 0 atom stereocenters. The molecule has 0 aliphatic heterocycles. The summed E-state index contributed by atoms with van der Waals surface area (Å²) in [5.41, 5.74) is 0.888. The second kappa shape index (κ2) is 8.09. The van der Waals surface area contributed by atoms with Crippen molar-refractivity contribution in [1.29, 1.82) is 0 Å². The lowest BCUT2D eigenvalue weighted by molar-refractivity contribution is 0.102. The highest BCUT2D eigenvalue weighted by atomic mass is 16.5. The van der Waals surface area contributed by atoms with Crippen molar-refractivity contribution in [3.05, 3.63) is 42.4 Å². The summed E-state index contributed by atoms with van der Waals surface area (Å²) in [6.45, 7) is 1.60. The number of hydrogen-bond donors (Lipinski definition) is 2. The number of nitrogens with one attached hydrogen (secondary N) is 2. The largest absolute Gasteiger partial charge is 0.495 e. The number of benzene rings is 1.